The van der Waals surface area contributed by atoms with Crippen molar-refractivity contribution in [3.05, 3.63) is 88.7 Å². The molecule has 0 spiro atoms. The van der Waals surface area contributed by atoms with Gasteiger partial charge in [0.05, 0.1) is 19.6 Å². The van der Waals surface area contributed by atoms with Crippen molar-refractivity contribution in [3.63, 3.8) is 0 Å². The predicted molar refractivity (Wildman–Crippen MR) is 133 cm³/mol. The highest BCUT2D eigenvalue weighted by Gasteiger charge is 2.16. The second kappa shape index (κ2) is 11.4. The van der Waals surface area contributed by atoms with Gasteiger partial charge in [-0.2, -0.15) is 0 Å². The number of rotatable bonds is 9. The summed E-state index contributed by atoms with van der Waals surface area (Å²) >= 11 is 0. The Bertz CT molecular complexity index is 1180. The van der Waals surface area contributed by atoms with E-state index in [2.05, 4.69) is 11.0 Å². The number of carboxylic acids is 1. The molecule has 1 fully saturated rings. The summed E-state index contributed by atoms with van der Waals surface area (Å²) in [6.45, 7) is 5.79. The van der Waals surface area contributed by atoms with Gasteiger partial charge in [-0.05, 0) is 41.8 Å². The Kier molecular flexibility index (Phi) is 8.13. The quantitative estimate of drug-likeness (QED) is 0.469. The first-order valence-corrected chi connectivity index (χ1v) is 11.8. The van der Waals surface area contributed by atoms with Gasteiger partial charge in [0.2, 0.25) is 0 Å². The zero-order valence-corrected chi connectivity index (χ0v) is 19.9. The van der Waals surface area contributed by atoms with E-state index >= 15 is 4.39 Å². The number of halogens is 1. The molecule has 3 N–H and O–H groups in total. The average Bonchev–Trinajstić information content (AvgIpc) is 2.83. The van der Waals surface area contributed by atoms with Crippen LogP contribution >= 0.6 is 0 Å². The number of aliphatic carboxylic acids is 1. The van der Waals surface area contributed by atoms with Crippen molar-refractivity contribution in [3.8, 4) is 16.9 Å². The first-order chi connectivity index (χ1) is 16.9. The third-order valence-electron chi connectivity index (χ3n) is 6.10. The van der Waals surface area contributed by atoms with Crippen molar-refractivity contribution >= 4 is 5.97 Å². The van der Waals surface area contributed by atoms with Crippen LogP contribution in [0.15, 0.2) is 60.7 Å². The Labute approximate surface area is 205 Å². The number of nitrogens with zero attached hydrogens (tertiary/aromatic N) is 1. The maximum atomic E-state index is 15.4. The van der Waals surface area contributed by atoms with Crippen LogP contribution in [0.4, 0.5) is 4.39 Å². The lowest BCUT2D eigenvalue weighted by atomic mass is 9.96. The van der Waals surface area contributed by atoms with Crippen molar-refractivity contribution in [2.45, 2.75) is 32.5 Å². The van der Waals surface area contributed by atoms with E-state index in [0.717, 1.165) is 29.8 Å². The van der Waals surface area contributed by atoms with Crippen molar-refractivity contribution in [2.75, 3.05) is 26.3 Å². The Hall–Kier alpha value is -3.26. The molecule has 3 aromatic rings. The van der Waals surface area contributed by atoms with Crippen LogP contribution in [0.1, 0.15) is 35.2 Å². The number of ether oxygens (including phenoxy) is 2. The minimum Gasteiger partial charge on any atom is -0.489 e. The molecule has 0 bridgehead atoms. The average molecular weight is 479 g/mol. The van der Waals surface area contributed by atoms with Gasteiger partial charge >= 0.3 is 5.97 Å². The standard InChI is InChI=1S/C28H31FN2O4/c1-19(30)24-6-4-7-25(28(24)29)23-14-20(17-31-9-11-34-12-10-31)13-21(15-23)18-35-26-8-3-2-5-22(26)16-27(32)33/h2-8,13-15,19H,9-12,16-18,30H2,1H3,(H,32,33)/t19-/m1/s1. The highest BCUT2D eigenvalue weighted by molar-refractivity contribution is 5.71. The lowest BCUT2D eigenvalue weighted by Gasteiger charge is -2.27. The summed E-state index contributed by atoms with van der Waals surface area (Å²) in [4.78, 5) is 13.5. The van der Waals surface area contributed by atoms with E-state index in [1.165, 1.54) is 0 Å². The number of nitrogens with two attached hydrogens (primary N) is 1. The van der Waals surface area contributed by atoms with E-state index in [4.69, 9.17) is 15.2 Å². The summed E-state index contributed by atoms with van der Waals surface area (Å²) < 4.78 is 26.9. The monoisotopic (exact) mass is 478 g/mol. The molecule has 0 aliphatic carbocycles. The van der Waals surface area contributed by atoms with Crippen LogP contribution < -0.4 is 10.5 Å². The summed E-state index contributed by atoms with van der Waals surface area (Å²) in [7, 11) is 0. The third kappa shape index (κ3) is 6.45. The smallest absolute Gasteiger partial charge is 0.307 e. The van der Waals surface area contributed by atoms with Crippen LogP contribution in [0.3, 0.4) is 0 Å². The van der Waals surface area contributed by atoms with Crippen LogP contribution in [-0.4, -0.2) is 42.3 Å². The van der Waals surface area contributed by atoms with E-state index in [9.17, 15) is 9.90 Å². The molecule has 6 nitrogen and oxygen atoms in total. The fourth-order valence-corrected chi connectivity index (χ4v) is 4.35. The van der Waals surface area contributed by atoms with Gasteiger partial charge in [-0.25, -0.2) is 4.39 Å². The fraction of sp³-hybridized carbons (Fsp3) is 0.321. The van der Waals surface area contributed by atoms with Crippen molar-refractivity contribution in [2.24, 2.45) is 5.73 Å². The number of carboxylic acid groups (broad SMARTS) is 1. The largest absolute Gasteiger partial charge is 0.489 e. The number of morpholine rings is 1. The fourth-order valence-electron chi connectivity index (χ4n) is 4.35. The lowest BCUT2D eigenvalue weighted by Crippen LogP contribution is -2.35. The minimum atomic E-state index is -0.916. The first-order valence-electron chi connectivity index (χ1n) is 11.8. The van der Waals surface area contributed by atoms with Crippen LogP contribution in [-0.2, 0) is 29.1 Å². The van der Waals surface area contributed by atoms with Crippen molar-refractivity contribution in [1.82, 2.24) is 4.90 Å². The molecule has 1 heterocycles. The molecule has 1 aliphatic rings. The molecular weight excluding hydrogens is 447 g/mol. The van der Waals surface area contributed by atoms with E-state index in [-0.39, 0.29) is 18.8 Å². The Morgan fingerprint density at radius 2 is 1.86 bits per heavy atom. The number of benzene rings is 3. The zero-order chi connectivity index (χ0) is 24.8. The van der Waals surface area contributed by atoms with Crippen molar-refractivity contribution < 1.29 is 23.8 Å². The predicted octanol–water partition coefficient (Wildman–Crippen LogP) is 4.55. The molecule has 4 rings (SSSR count). The molecule has 0 unspecified atom stereocenters. The summed E-state index contributed by atoms with van der Waals surface area (Å²) in [5.74, 6) is -0.704. The van der Waals surface area contributed by atoms with Crippen LogP contribution in [0.25, 0.3) is 11.1 Å². The summed E-state index contributed by atoms with van der Waals surface area (Å²) in [5.41, 5.74) is 10.2. The summed E-state index contributed by atoms with van der Waals surface area (Å²) in [6.07, 6.45) is -0.117. The molecule has 1 atom stereocenters. The molecule has 35 heavy (non-hydrogen) atoms. The lowest BCUT2D eigenvalue weighted by molar-refractivity contribution is -0.136. The molecule has 0 saturated carbocycles. The molecule has 0 radical (unpaired) electrons. The number of hydrogen-bond acceptors (Lipinski definition) is 5. The second-order valence-corrected chi connectivity index (χ2v) is 8.89. The van der Waals surface area contributed by atoms with Gasteiger partial charge < -0.3 is 20.3 Å². The van der Waals surface area contributed by atoms with Gasteiger partial charge in [0.15, 0.2) is 0 Å². The second-order valence-electron chi connectivity index (χ2n) is 8.89. The molecule has 0 aromatic heterocycles. The van der Waals surface area contributed by atoms with Crippen molar-refractivity contribution in [1.29, 1.82) is 0 Å². The minimum absolute atomic E-state index is 0.117. The van der Waals surface area contributed by atoms with Crippen LogP contribution in [0, 0.1) is 5.82 Å². The maximum absolute atomic E-state index is 15.4. The molecule has 0 amide bonds. The number of para-hydroxylation sites is 1. The van der Waals surface area contributed by atoms with Gasteiger partial charge in [0.1, 0.15) is 18.2 Å². The van der Waals surface area contributed by atoms with Crippen LogP contribution in [0.5, 0.6) is 5.75 Å². The Balaban J connectivity index is 1.66. The van der Waals surface area contributed by atoms with Crippen LogP contribution in [0.2, 0.25) is 0 Å². The van der Waals surface area contributed by atoms with E-state index in [0.29, 0.717) is 42.2 Å². The topological polar surface area (TPSA) is 85.0 Å². The molecule has 184 valence electrons. The van der Waals surface area contributed by atoms with Gasteiger partial charge in [-0.3, -0.25) is 9.69 Å². The Morgan fingerprint density at radius 3 is 2.60 bits per heavy atom. The normalized spacial score (nSPS) is 15.1. The molecule has 3 aromatic carbocycles. The zero-order valence-electron chi connectivity index (χ0n) is 19.9. The van der Waals surface area contributed by atoms with E-state index < -0.39 is 12.0 Å². The highest BCUT2D eigenvalue weighted by Crippen LogP contribution is 2.30. The number of hydrogen-bond donors (Lipinski definition) is 2. The third-order valence-corrected chi connectivity index (χ3v) is 6.10. The summed E-state index contributed by atoms with van der Waals surface area (Å²) in [5, 5.41) is 9.21. The highest BCUT2D eigenvalue weighted by atomic mass is 19.1. The number of carbonyl (C=O) groups is 1. The molecule has 7 heteroatoms. The SMILES string of the molecule is C[C@@H](N)c1cccc(-c2cc(COc3ccccc3CC(=O)O)cc(CN3CCOCC3)c2)c1F. The van der Waals surface area contributed by atoms with Gasteiger partial charge in [-0.1, -0.05) is 42.5 Å². The van der Waals surface area contributed by atoms with Gasteiger partial charge in [0.25, 0.3) is 0 Å². The summed E-state index contributed by atoms with van der Waals surface area (Å²) in [6, 6.07) is 18.0. The first kappa shape index (κ1) is 24.9. The molecule has 1 aliphatic heterocycles. The van der Waals surface area contributed by atoms with Gasteiger partial charge in [-0.15, -0.1) is 0 Å². The maximum Gasteiger partial charge on any atom is 0.307 e. The molecule has 1 saturated heterocycles. The molecular formula is C28H31FN2O4. The van der Waals surface area contributed by atoms with E-state index in [1.807, 2.05) is 24.3 Å². The Morgan fingerprint density at radius 1 is 1.11 bits per heavy atom. The van der Waals surface area contributed by atoms with E-state index in [1.54, 1.807) is 37.3 Å². The van der Waals surface area contributed by atoms with Gasteiger partial charge in [0, 0.05) is 42.4 Å².